The van der Waals surface area contributed by atoms with Gasteiger partial charge in [0.2, 0.25) is 0 Å². The van der Waals surface area contributed by atoms with E-state index in [9.17, 15) is 13.6 Å². The van der Waals surface area contributed by atoms with Crippen molar-refractivity contribution >= 4 is 30.1 Å². The maximum absolute atomic E-state index is 12.2. The molecule has 0 radical (unpaired) electrons. The second-order valence-electron chi connectivity index (χ2n) is 3.95. The van der Waals surface area contributed by atoms with E-state index in [1.165, 1.54) is 0 Å². The van der Waals surface area contributed by atoms with Crippen LogP contribution in [0, 0.1) is 0 Å². The number of thioether (sulfide) groups is 1. The second-order valence-corrected chi connectivity index (χ2v) is 5.01. The summed E-state index contributed by atoms with van der Waals surface area (Å²) in [5, 5.41) is 3.17. The lowest BCUT2D eigenvalue weighted by atomic mass is 10.2. The van der Waals surface area contributed by atoms with Crippen molar-refractivity contribution in [3.05, 3.63) is 29.8 Å². The molecule has 1 aromatic rings. The molecule has 0 aliphatic carbocycles. The number of hydrogen-bond donors (Lipinski definition) is 1. The summed E-state index contributed by atoms with van der Waals surface area (Å²) in [5.74, 6) is -2.47. The Balaban J connectivity index is 0.00000180. The summed E-state index contributed by atoms with van der Waals surface area (Å²) in [7, 11) is 0. The summed E-state index contributed by atoms with van der Waals surface area (Å²) >= 11 is 0.486. The number of hydrogen-bond acceptors (Lipinski definition) is 3. The van der Waals surface area contributed by atoms with Crippen LogP contribution in [0.25, 0.3) is 0 Å². The molecule has 0 spiro atoms. The van der Waals surface area contributed by atoms with Crippen molar-refractivity contribution in [1.29, 1.82) is 0 Å². The van der Waals surface area contributed by atoms with Gasteiger partial charge >= 0.3 is 0 Å². The van der Waals surface area contributed by atoms with Gasteiger partial charge in [-0.3, -0.25) is 4.79 Å². The molecule has 1 aliphatic rings. The average molecular weight is 309 g/mol. The Morgan fingerprint density at radius 2 is 1.79 bits per heavy atom. The minimum atomic E-state index is -2.43. The number of alkyl halides is 2. The van der Waals surface area contributed by atoms with Gasteiger partial charge in [-0.25, -0.2) is 0 Å². The third-order valence-corrected chi connectivity index (χ3v) is 3.45. The molecule has 2 rings (SSSR count). The number of amides is 1. The van der Waals surface area contributed by atoms with E-state index >= 15 is 0 Å². The van der Waals surface area contributed by atoms with E-state index in [-0.39, 0.29) is 18.3 Å². The summed E-state index contributed by atoms with van der Waals surface area (Å²) < 4.78 is 24.3. The summed E-state index contributed by atoms with van der Waals surface area (Å²) in [6, 6.07) is 6.34. The normalized spacial score (nSPS) is 15.2. The zero-order valence-corrected chi connectivity index (χ0v) is 11.8. The molecule has 0 saturated carbocycles. The summed E-state index contributed by atoms with van der Waals surface area (Å²) in [6.07, 6.45) is 0. The Bertz CT molecular complexity index is 411. The predicted molar refractivity (Wildman–Crippen MR) is 74.3 cm³/mol. The molecular formula is C12H15ClF2N2OS. The smallest absolute Gasteiger partial charge is 0.288 e. The zero-order chi connectivity index (χ0) is 13.0. The van der Waals surface area contributed by atoms with Crippen molar-refractivity contribution in [3.8, 4) is 0 Å². The molecule has 19 heavy (non-hydrogen) atoms. The van der Waals surface area contributed by atoms with Crippen LogP contribution in [0.4, 0.5) is 8.78 Å². The second kappa shape index (κ2) is 7.67. The van der Waals surface area contributed by atoms with E-state index in [1.54, 1.807) is 29.2 Å². The molecule has 1 aliphatic heterocycles. The van der Waals surface area contributed by atoms with Crippen molar-refractivity contribution in [2.75, 3.05) is 26.2 Å². The number of benzene rings is 1. The Kier molecular flexibility index (Phi) is 6.54. The van der Waals surface area contributed by atoms with E-state index < -0.39 is 5.76 Å². The molecule has 1 saturated heterocycles. The molecule has 1 fully saturated rings. The minimum absolute atomic E-state index is 0. The number of carbonyl (C=O) groups is 1. The number of nitrogens with zero attached hydrogens (tertiary/aromatic N) is 1. The molecule has 0 unspecified atom stereocenters. The highest BCUT2D eigenvalue weighted by Crippen LogP contribution is 2.25. The first-order chi connectivity index (χ1) is 8.66. The third-order valence-electron chi connectivity index (χ3n) is 2.73. The third kappa shape index (κ3) is 4.63. The van der Waals surface area contributed by atoms with Gasteiger partial charge in [0, 0.05) is 36.6 Å². The standard InChI is InChI=1S/C12H14F2N2OS.ClH/c13-12(14)18-10-3-1-9(2-4-10)11(17)16-7-5-15-6-8-16;/h1-4,12,15H,5-8H2;1H. The maximum atomic E-state index is 12.2. The topological polar surface area (TPSA) is 32.3 Å². The predicted octanol–water partition coefficient (Wildman–Crippen LogP) is 2.47. The van der Waals surface area contributed by atoms with Gasteiger partial charge in [0.25, 0.3) is 11.7 Å². The molecule has 0 bridgehead atoms. The van der Waals surface area contributed by atoms with E-state index in [0.717, 1.165) is 13.1 Å². The molecule has 1 amide bonds. The monoisotopic (exact) mass is 308 g/mol. The Hall–Kier alpha value is -0.850. The van der Waals surface area contributed by atoms with Gasteiger partial charge in [-0.05, 0) is 24.3 Å². The van der Waals surface area contributed by atoms with Gasteiger partial charge in [-0.1, -0.05) is 11.8 Å². The van der Waals surface area contributed by atoms with Crippen LogP contribution < -0.4 is 5.32 Å². The molecule has 7 heteroatoms. The van der Waals surface area contributed by atoms with E-state index in [1.807, 2.05) is 0 Å². The molecule has 1 N–H and O–H groups in total. The van der Waals surface area contributed by atoms with Crippen molar-refractivity contribution < 1.29 is 13.6 Å². The first-order valence-corrected chi connectivity index (χ1v) is 6.59. The Labute approximate surface area is 121 Å². The lowest BCUT2D eigenvalue weighted by molar-refractivity contribution is 0.0736. The van der Waals surface area contributed by atoms with Crippen LogP contribution in [0.5, 0.6) is 0 Å². The van der Waals surface area contributed by atoms with Crippen molar-refractivity contribution in [2.45, 2.75) is 10.7 Å². The fraction of sp³-hybridized carbons (Fsp3) is 0.417. The molecule has 0 aromatic heterocycles. The van der Waals surface area contributed by atoms with Gasteiger partial charge in [-0.2, -0.15) is 8.78 Å². The summed E-state index contributed by atoms with van der Waals surface area (Å²) in [6.45, 7) is 2.97. The van der Waals surface area contributed by atoms with Gasteiger partial charge in [-0.15, -0.1) is 12.4 Å². The fourth-order valence-electron chi connectivity index (χ4n) is 1.83. The number of halogens is 3. The van der Waals surface area contributed by atoms with Gasteiger partial charge in [0.15, 0.2) is 0 Å². The number of rotatable bonds is 3. The maximum Gasteiger partial charge on any atom is 0.288 e. The van der Waals surface area contributed by atoms with Crippen molar-refractivity contribution in [2.24, 2.45) is 0 Å². The minimum Gasteiger partial charge on any atom is -0.336 e. The molecular weight excluding hydrogens is 294 g/mol. The zero-order valence-electron chi connectivity index (χ0n) is 10.1. The van der Waals surface area contributed by atoms with Crippen LogP contribution in [0.2, 0.25) is 0 Å². The van der Waals surface area contributed by atoms with Gasteiger partial charge < -0.3 is 10.2 Å². The molecule has 106 valence electrons. The van der Waals surface area contributed by atoms with Crippen LogP contribution in [0.3, 0.4) is 0 Å². The van der Waals surface area contributed by atoms with Crippen LogP contribution >= 0.6 is 24.2 Å². The molecule has 0 atom stereocenters. The Morgan fingerprint density at radius 1 is 1.21 bits per heavy atom. The van der Waals surface area contributed by atoms with E-state index in [4.69, 9.17) is 0 Å². The lowest BCUT2D eigenvalue weighted by Crippen LogP contribution is -2.46. The highest BCUT2D eigenvalue weighted by atomic mass is 35.5. The largest absolute Gasteiger partial charge is 0.336 e. The van der Waals surface area contributed by atoms with Crippen LogP contribution in [0.1, 0.15) is 10.4 Å². The first-order valence-electron chi connectivity index (χ1n) is 5.71. The summed E-state index contributed by atoms with van der Waals surface area (Å²) in [4.78, 5) is 14.3. The van der Waals surface area contributed by atoms with E-state index in [0.29, 0.717) is 35.3 Å². The van der Waals surface area contributed by atoms with Crippen LogP contribution in [-0.2, 0) is 0 Å². The quantitative estimate of drug-likeness (QED) is 0.871. The highest BCUT2D eigenvalue weighted by Gasteiger charge is 2.17. The van der Waals surface area contributed by atoms with Crippen LogP contribution in [-0.4, -0.2) is 42.7 Å². The summed E-state index contributed by atoms with van der Waals surface area (Å²) in [5.41, 5.74) is 0.551. The van der Waals surface area contributed by atoms with Gasteiger partial charge in [0.1, 0.15) is 0 Å². The molecule has 1 aromatic carbocycles. The SMILES string of the molecule is Cl.O=C(c1ccc(SC(F)F)cc1)N1CCNCC1. The first kappa shape index (κ1) is 16.2. The average Bonchev–Trinajstić information content (AvgIpc) is 2.39. The molecule has 1 heterocycles. The van der Waals surface area contributed by atoms with Crippen molar-refractivity contribution in [1.82, 2.24) is 10.2 Å². The van der Waals surface area contributed by atoms with Gasteiger partial charge in [0.05, 0.1) is 0 Å². The molecule has 3 nitrogen and oxygen atoms in total. The lowest BCUT2D eigenvalue weighted by Gasteiger charge is -2.27. The van der Waals surface area contributed by atoms with Crippen molar-refractivity contribution in [3.63, 3.8) is 0 Å². The number of piperazine rings is 1. The number of nitrogens with one attached hydrogen (secondary N) is 1. The number of carbonyl (C=O) groups excluding carboxylic acids is 1. The highest BCUT2D eigenvalue weighted by molar-refractivity contribution is 7.99. The fourth-order valence-corrected chi connectivity index (χ4v) is 2.33. The van der Waals surface area contributed by atoms with Crippen LogP contribution in [0.15, 0.2) is 29.2 Å². The van der Waals surface area contributed by atoms with E-state index in [2.05, 4.69) is 5.32 Å². The Morgan fingerprint density at radius 3 is 2.32 bits per heavy atom.